The molecule has 0 aliphatic heterocycles. The number of aliphatic carboxylic acids is 1. The van der Waals surface area contributed by atoms with Crippen LogP contribution in [0.15, 0.2) is 95.9 Å². The molecule has 0 fully saturated rings. The Morgan fingerprint density at radius 3 is 2.40 bits per heavy atom. The summed E-state index contributed by atoms with van der Waals surface area (Å²) in [5.74, 6) is 0.135. The molecule has 6 aromatic rings. The molecule has 0 unspecified atom stereocenters. The molecule has 0 bridgehead atoms. The number of aromatic nitrogens is 3. The van der Waals surface area contributed by atoms with Gasteiger partial charge >= 0.3 is 5.97 Å². The van der Waals surface area contributed by atoms with Gasteiger partial charge in [0.2, 0.25) is 5.88 Å². The van der Waals surface area contributed by atoms with E-state index in [0.29, 0.717) is 36.7 Å². The fraction of sp³-hybridized carbons (Fsp3) is 0.293. The van der Waals surface area contributed by atoms with Gasteiger partial charge in [-0.25, -0.2) is 14.4 Å². The molecule has 0 radical (unpaired) electrons. The summed E-state index contributed by atoms with van der Waals surface area (Å²) >= 11 is 1.74. The van der Waals surface area contributed by atoms with E-state index in [0.717, 1.165) is 49.4 Å². The van der Waals surface area contributed by atoms with E-state index in [-0.39, 0.29) is 17.2 Å². The van der Waals surface area contributed by atoms with Gasteiger partial charge in [0.05, 0.1) is 28.9 Å². The average Bonchev–Trinajstić information content (AvgIpc) is 3.33. The molecule has 3 aromatic carbocycles. The van der Waals surface area contributed by atoms with Crippen LogP contribution in [0.1, 0.15) is 58.5 Å². The van der Waals surface area contributed by atoms with E-state index < -0.39 is 11.4 Å². The lowest BCUT2D eigenvalue weighted by Crippen LogP contribution is -2.28. The highest BCUT2D eigenvalue weighted by atomic mass is 32.2. The number of carbonyl (C=O) groups is 1. The Morgan fingerprint density at radius 2 is 1.68 bits per heavy atom. The van der Waals surface area contributed by atoms with Crippen molar-refractivity contribution in [2.75, 3.05) is 6.61 Å². The van der Waals surface area contributed by atoms with Gasteiger partial charge in [-0.1, -0.05) is 57.2 Å². The van der Waals surface area contributed by atoms with Crippen molar-refractivity contribution < 1.29 is 23.8 Å². The van der Waals surface area contributed by atoms with Gasteiger partial charge in [-0.05, 0) is 74.9 Å². The Labute approximate surface area is 296 Å². The SMILES string of the molecule is CCOc1cccc(-c2ccc(Cn3c(CC(C)(C)C(=O)O)c(SC(C)(C)C)c4cc(OCc5ccc6cc(F)ccc6n5)ccc43)cc2)n1. The van der Waals surface area contributed by atoms with Crippen molar-refractivity contribution in [2.45, 2.75) is 70.8 Å². The minimum absolute atomic E-state index is 0.142. The molecule has 0 atom stereocenters. The third kappa shape index (κ3) is 7.94. The Hall–Kier alpha value is -4.89. The van der Waals surface area contributed by atoms with Crippen LogP contribution < -0.4 is 9.47 Å². The predicted octanol–water partition coefficient (Wildman–Crippen LogP) is 9.96. The summed E-state index contributed by atoms with van der Waals surface area (Å²) in [7, 11) is 0. The summed E-state index contributed by atoms with van der Waals surface area (Å²) in [5, 5.41) is 11.9. The molecular weight excluding hydrogens is 650 g/mol. The van der Waals surface area contributed by atoms with E-state index in [1.807, 2.05) is 49.4 Å². The molecule has 50 heavy (non-hydrogen) atoms. The van der Waals surface area contributed by atoms with Crippen molar-refractivity contribution in [1.29, 1.82) is 0 Å². The largest absolute Gasteiger partial charge is 0.487 e. The van der Waals surface area contributed by atoms with E-state index in [2.05, 4.69) is 65.6 Å². The van der Waals surface area contributed by atoms with Gasteiger partial charge in [0.1, 0.15) is 18.2 Å². The van der Waals surface area contributed by atoms with Crippen molar-refractivity contribution >= 4 is 39.5 Å². The number of hydrogen-bond donors (Lipinski definition) is 1. The van der Waals surface area contributed by atoms with Crippen LogP contribution in [0.5, 0.6) is 11.6 Å². The van der Waals surface area contributed by atoms with Gasteiger partial charge in [0.15, 0.2) is 0 Å². The molecule has 258 valence electrons. The maximum absolute atomic E-state index is 13.7. The van der Waals surface area contributed by atoms with Crippen LogP contribution in [-0.4, -0.2) is 37.0 Å². The summed E-state index contributed by atoms with van der Waals surface area (Å²) in [6.07, 6.45) is 0.347. The molecular formula is C41H42FN3O4S. The van der Waals surface area contributed by atoms with Crippen LogP contribution in [0.4, 0.5) is 4.39 Å². The minimum Gasteiger partial charge on any atom is -0.487 e. The number of halogens is 1. The monoisotopic (exact) mass is 691 g/mol. The Kier molecular flexibility index (Phi) is 9.89. The second-order valence-corrected chi connectivity index (χ2v) is 15.9. The molecule has 6 rings (SSSR count). The third-order valence-corrected chi connectivity index (χ3v) is 9.66. The van der Waals surface area contributed by atoms with Gasteiger partial charge < -0.3 is 19.1 Å². The second kappa shape index (κ2) is 14.2. The number of benzene rings is 3. The molecule has 0 amide bonds. The minimum atomic E-state index is -0.996. The lowest BCUT2D eigenvalue weighted by molar-refractivity contribution is -0.146. The lowest BCUT2D eigenvalue weighted by atomic mass is 9.88. The molecule has 3 aromatic heterocycles. The molecule has 3 heterocycles. The summed E-state index contributed by atoms with van der Waals surface area (Å²) in [6, 6.07) is 28.4. The number of hydrogen-bond acceptors (Lipinski definition) is 6. The van der Waals surface area contributed by atoms with Crippen molar-refractivity contribution in [3.05, 3.63) is 114 Å². The number of nitrogens with zero attached hydrogens (tertiary/aromatic N) is 3. The zero-order valence-corrected chi connectivity index (χ0v) is 30.1. The number of ether oxygens (including phenoxy) is 2. The van der Waals surface area contributed by atoms with E-state index in [9.17, 15) is 14.3 Å². The molecule has 0 aliphatic carbocycles. The first-order valence-corrected chi connectivity index (χ1v) is 17.6. The number of fused-ring (bicyclic) bond motifs is 2. The topological polar surface area (TPSA) is 86.5 Å². The first-order chi connectivity index (χ1) is 23.8. The van der Waals surface area contributed by atoms with Crippen molar-refractivity contribution in [1.82, 2.24) is 14.5 Å². The van der Waals surface area contributed by atoms with E-state index >= 15 is 0 Å². The normalized spacial score (nSPS) is 12.1. The zero-order chi connectivity index (χ0) is 35.6. The van der Waals surface area contributed by atoms with Crippen LogP contribution in [0.2, 0.25) is 0 Å². The number of carboxylic acid groups (broad SMARTS) is 1. The van der Waals surface area contributed by atoms with E-state index in [4.69, 9.17) is 9.47 Å². The maximum atomic E-state index is 13.7. The number of rotatable bonds is 12. The van der Waals surface area contributed by atoms with E-state index in [1.54, 1.807) is 31.7 Å². The highest BCUT2D eigenvalue weighted by Gasteiger charge is 2.33. The number of pyridine rings is 2. The van der Waals surface area contributed by atoms with Crippen molar-refractivity contribution in [3.8, 4) is 22.9 Å². The third-order valence-electron chi connectivity index (χ3n) is 8.39. The first-order valence-electron chi connectivity index (χ1n) is 16.7. The fourth-order valence-corrected chi connectivity index (χ4v) is 7.05. The van der Waals surface area contributed by atoms with Crippen molar-refractivity contribution in [2.24, 2.45) is 5.41 Å². The Balaban J connectivity index is 1.38. The molecule has 0 saturated carbocycles. The van der Waals surface area contributed by atoms with Crippen LogP contribution in [0.3, 0.4) is 0 Å². The van der Waals surface area contributed by atoms with Crippen LogP contribution in [0.25, 0.3) is 33.1 Å². The van der Waals surface area contributed by atoms with Gasteiger partial charge in [0.25, 0.3) is 0 Å². The summed E-state index contributed by atoms with van der Waals surface area (Å²) in [6.45, 7) is 13.3. The van der Waals surface area contributed by atoms with Crippen LogP contribution in [-0.2, 0) is 24.4 Å². The van der Waals surface area contributed by atoms with Gasteiger partial charge in [0, 0.05) is 56.2 Å². The molecule has 0 saturated heterocycles. The van der Waals surface area contributed by atoms with E-state index in [1.165, 1.54) is 12.1 Å². The van der Waals surface area contributed by atoms with Crippen LogP contribution >= 0.6 is 11.8 Å². The molecule has 0 aliphatic rings. The fourth-order valence-electron chi connectivity index (χ4n) is 5.86. The average molecular weight is 692 g/mol. The Bertz CT molecular complexity index is 2170. The number of carboxylic acids is 1. The molecule has 7 nitrogen and oxygen atoms in total. The molecule has 1 N–H and O–H groups in total. The summed E-state index contributed by atoms with van der Waals surface area (Å²) < 4.78 is 27.7. The predicted molar refractivity (Wildman–Crippen MR) is 199 cm³/mol. The lowest BCUT2D eigenvalue weighted by Gasteiger charge is -2.24. The summed E-state index contributed by atoms with van der Waals surface area (Å²) in [5.41, 5.74) is 5.32. The van der Waals surface area contributed by atoms with Gasteiger partial charge in [-0.3, -0.25) is 4.79 Å². The quantitative estimate of drug-likeness (QED) is 0.128. The maximum Gasteiger partial charge on any atom is 0.309 e. The second-order valence-electron chi connectivity index (χ2n) is 14.0. The smallest absolute Gasteiger partial charge is 0.309 e. The Morgan fingerprint density at radius 1 is 0.900 bits per heavy atom. The summed E-state index contributed by atoms with van der Waals surface area (Å²) in [4.78, 5) is 22.8. The molecule has 9 heteroatoms. The highest BCUT2D eigenvalue weighted by molar-refractivity contribution is 8.00. The van der Waals surface area contributed by atoms with Gasteiger partial charge in [-0.2, -0.15) is 0 Å². The molecule has 0 spiro atoms. The zero-order valence-electron chi connectivity index (χ0n) is 29.3. The highest BCUT2D eigenvalue weighted by Crippen LogP contribution is 2.44. The standard InChI is InChI=1S/C41H42FN3O4S/c1-7-48-37-10-8-9-33(44-37)27-13-11-26(12-14-27)24-45-35-20-18-31(49-25-30-17-15-28-21-29(42)16-19-34(28)43-30)22-32(35)38(50-40(2,3)4)36(45)23-41(5,6)39(46)47/h8-22H,7,23-25H2,1-6H3,(H,46,47). The first kappa shape index (κ1) is 35.0. The van der Waals surface area contributed by atoms with Crippen LogP contribution in [0, 0.1) is 11.2 Å². The van der Waals surface area contributed by atoms with Gasteiger partial charge in [-0.15, -0.1) is 11.8 Å². The van der Waals surface area contributed by atoms with Crippen molar-refractivity contribution in [3.63, 3.8) is 0 Å². The number of thioether (sulfide) groups is 1.